The minimum Gasteiger partial charge on any atom is 0 e. The van der Waals surface area contributed by atoms with Crippen LogP contribution in [0.4, 0.5) is 0 Å². The number of hydrogen-bond donors (Lipinski definition) is 0. The maximum atomic E-state index is 4.70. The van der Waals surface area contributed by atoms with Gasteiger partial charge in [-0.1, -0.05) is 0 Å². The van der Waals surface area contributed by atoms with Crippen LogP contribution in [0.1, 0.15) is 0 Å². The summed E-state index contributed by atoms with van der Waals surface area (Å²) < 4.78 is 0. The summed E-state index contributed by atoms with van der Waals surface area (Å²) in [6, 6.07) is 0. The number of rotatable bonds is 0. The topological polar surface area (TPSA) is 0 Å². The Labute approximate surface area is 66.4 Å². The molecule has 0 aliphatic rings. The van der Waals surface area contributed by atoms with Crippen LogP contribution in [0.3, 0.4) is 0 Å². The van der Waals surface area contributed by atoms with Gasteiger partial charge in [-0.15, -0.1) is 0 Å². The summed E-state index contributed by atoms with van der Waals surface area (Å²) in [6.45, 7) is 0. The molecule has 0 aromatic carbocycles. The Balaban J connectivity index is -0.0000000200. The molecule has 0 fully saturated rings. The monoisotopic (exact) mass is 242 g/mol. The molecule has 0 saturated carbocycles. The van der Waals surface area contributed by atoms with Crippen LogP contribution in [-0.2, 0) is 46.5 Å². The van der Waals surface area contributed by atoms with Gasteiger partial charge in [0.2, 0.25) is 0 Å². The van der Waals surface area contributed by atoms with Crippen molar-refractivity contribution in [2.45, 2.75) is 0 Å². The number of halogens is 2. The van der Waals surface area contributed by atoms with E-state index < -0.39 is 0 Å². The van der Waals surface area contributed by atoms with Gasteiger partial charge in [0.05, 0.1) is 0 Å². The molecule has 0 amide bonds. The van der Waals surface area contributed by atoms with E-state index in [4.69, 9.17) is 20.4 Å². The van der Waals surface area contributed by atoms with E-state index in [2.05, 4.69) is 0 Å². The summed E-state index contributed by atoms with van der Waals surface area (Å²) in [7, 11) is 9.40. The second-order valence-electron chi connectivity index (χ2n) is 0.0452. The summed E-state index contributed by atoms with van der Waals surface area (Å²) in [5, 5.41) is 0. The molecule has 0 rings (SSSR count). The van der Waals surface area contributed by atoms with Crippen molar-refractivity contribution in [1.82, 2.24) is 0 Å². The molecule has 0 atom stereocenters. The molecular formula is Cl2CoMnNi. The molecule has 0 saturated heterocycles. The molecule has 40 valence electrons. The zero-order chi connectivity index (χ0) is 2.71. The molecular weight excluding hydrogens is 243 g/mol. The van der Waals surface area contributed by atoms with Crippen molar-refractivity contribution in [2.75, 3.05) is 0 Å². The molecule has 0 nitrogen and oxygen atoms in total. The van der Waals surface area contributed by atoms with Crippen LogP contribution in [-0.4, -0.2) is 0 Å². The van der Waals surface area contributed by atoms with Gasteiger partial charge in [-0.25, -0.2) is 0 Å². The zero-order valence-corrected chi connectivity index (χ0v) is 6.50. The summed E-state index contributed by atoms with van der Waals surface area (Å²) >= 11 is 0.569. The van der Waals surface area contributed by atoms with Gasteiger partial charge < -0.3 is 0 Å². The second-order valence-corrected chi connectivity index (χ2v) is 1.68. The SMILES string of the molecule is [Cl][Ni][Cl].[Co].[Mn]. The van der Waals surface area contributed by atoms with E-state index in [9.17, 15) is 0 Å². The normalized spacial score (nSPS) is 4.40. The summed E-state index contributed by atoms with van der Waals surface area (Å²) in [6.07, 6.45) is 0. The molecule has 5 heteroatoms. The summed E-state index contributed by atoms with van der Waals surface area (Å²) in [4.78, 5) is 0. The maximum Gasteiger partial charge on any atom is 0 e. The van der Waals surface area contributed by atoms with Crippen molar-refractivity contribution in [3.05, 3.63) is 0 Å². The standard InChI is InChI=1S/2ClH.Co.Mn.Ni/h2*1H;;;/q;;;;+2/p-2. The number of hydrogen-bond acceptors (Lipinski definition) is 0. The van der Waals surface area contributed by atoms with Crippen LogP contribution in [0, 0.1) is 0 Å². The van der Waals surface area contributed by atoms with Gasteiger partial charge in [0.1, 0.15) is 0 Å². The fourth-order valence-electron chi connectivity index (χ4n) is 0. The molecule has 5 heavy (non-hydrogen) atoms. The van der Waals surface area contributed by atoms with Crippen molar-refractivity contribution in [3.63, 3.8) is 0 Å². The van der Waals surface area contributed by atoms with E-state index in [1.165, 1.54) is 0 Å². The van der Waals surface area contributed by atoms with Gasteiger partial charge >= 0.3 is 33.0 Å². The molecule has 0 N–H and O–H groups in total. The fraction of sp³-hybridized carbons (Fsp3) is 0. The van der Waals surface area contributed by atoms with E-state index in [1.807, 2.05) is 0 Å². The minimum absolute atomic E-state index is 0. The third-order valence-electron chi connectivity index (χ3n) is 0. The Morgan fingerprint density at radius 3 is 1.20 bits per heavy atom. The van der Waals surface area contributed by atoms with Crippen LogP contribution < -0.4 is 0 Å². The minimum atomic E-state index is 0. The molecule has 0 aromatic rings. The maximum absolute atomic E-state index is 4.70. The predicted octanol–water partition coefficient (Wildman–Crippen LogP) is 1.37. The molecule has 0 aliphatic carbocycles. The second kappa shape index (κ2) is 16.5. The Kier molecular flexibility index (Phi) is 51.9. The van der Waals surface area contributed by atoms with E-state index >= 15 is 0 Å². The summed E-state index contributed by atoms with van der Waals surface area (Å²) in [5.74, 6) is 0. The molecule has 0 aromatic heterocycles. The van der Waals surface area contributed by atoms with E-state index in [-0.39, 0.29) is 33.8 Å². The van der Waals surface area contributed by atoms with Crippen LogP contribution in [0.2, 0.25) is 0 Å². The molecule has 0 bridgehead atoms. The van der Waals surface area contributed by atoms with E-state index in [1.54, 1.807) is 0 Å². The van der Waals surface area contributed by atoms with Crippen LogP contribution in [0.5, 0.6) is 0 Å². The average Bonchev–Trinajstić information content (AvgIpc) is 0.918. The third-order valence-corrected chi connectivity index (χ3v) is 0. The largest absolute Gasteiger partial charge is 0 e. The first kappa shape index (κ1) is 15.7. The molecule has 0 unspecified atom stereocenters. The van der Waals surface area contributed by atoms with Gasteiger partial charge in [0.15, 0.2) is 0 Å². The van der Waals surface area contributed by atoms with Crippen molar-refractivity contribution < 1.29 is 46.5 Å². The Bertz CT molecular complexity index is 9.61. The van der Waals surface area contributed by atoms with Crippen molar-refractivity contribution in [3.8, 4) is 0 Å². The average molecular weight is 243 g/mol. The van der Waals surface area contributed by atoms with Gasteiger partial charge in [-0.05, 0) is 0 Å². The van der Waals surface area contributed by atoms with Gasteiger partial charge in [0.25, 0.3) is 0 Å². The fourth-order valence-corrected chi connectivity index (χ4v) is 0. The van der Waals surface area contributed by atoms with Crippen molar-refractivity contribution in [2.24, 2.45) is 0 Å². The molecule has 2 radical (unpaired) electrons. The van der Waals surface area contributed by atoms with E-state index in [0.717, 1.165) is 0 Å². The van der Waals surface area contributed by atoms with E-state index in [0.29, 0.717) is 12.7 Å². The van der Waals surface area contributed by atoms with Gasteiger partial charge in [0, 0.05) is 33.8 Å². The van der Waals surface area contributed by atoms with Crippen LogP contribution >= 0.6 is 20.4 Å². The van der Waals surface area contributed by atoms with Gasteiger partial charge in [-0.2, -0.15) is 0 Å². The van der Waals surface area contributed by atoms with Crippen molar-refractivity contribution in [1.29, 1.82) is 0 Å². The van der Waals surface area contributed by atoms with Crippen LogP contribution in [0.15, 0.2) is 0 Å². The Morgan fingerprint density at radius 1 is 1.20 bits per heavy atom. The zero-order valence-electron chi connectivity index (χ0n) is 1.78. The summed E-state index contributed by atoms with van der Waals surface area (Å²) in [5.41, 5.74) is 0. The first-order chi connectivity index (χ1) is 1.41. The Morgan fingerprint density at radius 2 is 1.20 bits per heavy atom. The molecule has 0 spiro atoms. The smallest absolute Gasteiger partial charge is 0 e. The van der Waals surface area contributed by atoms with Crippen LogP contribution in [0.25, 0.3) is 0 Å². The molecule has 0 heterocycles. The van der Waals surface area contributed by atoms with Gasteiger partial charge in [-0.3, -0.25) is 0 Å². The quantitative estimate of drug-likeness (QED) is 0.564. The third kappa shape index (κ3) is 23.3. The first-order valence-electron chi connectivity index (χ1n) is 0.239. The molecule has 0 aliphatic heterocycles. The predicted molar refractivity (Wildman–Crippen MR) is 11.7 cm³/mol. The Hall–Kier alpha value is 2.10. The van der Waals surface area contributed by atoms with Crippen molar-refractivity contribution >= 4 is 20.4 Å². The first-order valence-corrected chi connectivity index (χ1v) is 2.96.